The zero-order chi connectivity index (χ0) is 6.99. The van der Waals surface area contributed by atoms with Gasteiger partial charge >= 0.3 is 0 Å². The minimum atomic E-state index is 0.00463. The molecule has 0 aliphatic rings. The Balaban J connectivity index is 0. The summed E-state index contributed by atoms with van der Waals surface area (Å²) in [7, 11) is 4.85. The van der Waals surface area contributed by atoms with Gasteiger partial charge in [0, 0.05) is 28.2 Å². The summed E-state index contributed by atoms with van der Waals surface area (Å²) in [5, 5.41) is 2.39. The van der Waals surface area contributed by atoms with E-state index in [1.807, 2.05) is 0 Å². The molecule has 0 heterocycles. The van der Waals surface area contributed by atoms with Crippen LogP contribution in [0.25, 0.3) is 0 Å². The van der Waals surface area contributed by atoms with E-state index in [-0.39, 0.29) is 5.91 Å². The van der Waals surface area contributed by atoms with Gasteiger partial charge in [0.25, 0.3) is 0 Å². The SMILES string of the molecule is CNC(C)=O.COC. The van der Waals surface area contributed by atoms with Gasteiger partial charge in [0.2, 0.25) is 5.91 Å². The fraction of sp³-hybridized carbons (Fsp3) is 0.800. The number of carbonyl (C=O) groups is 1. The standard InChI is InChI=1S/C3H7NO.C2H6O/c1-3(5)4-2;1-3-2/h1-2H3,(H,4,5);1-2H3. The maximum atomic E-state index is 9.70. The van der Waals surface area contributed by atoms with Crippen LogP contribution in [0.2, 0.25) is 0 Å². The van der Waals surface area contributed by atoms with Crippen molar-refractivity contribution in [2.24, 2.45) is 0 Å². The van der Waals surface area contributed by atoms with Crippen molar-refractivity contribution in [1.29, 1.82) is 0 Å². The van der Waals surface area contributed by atoms with E-state index in [0.29, 0.717) is 0 Å². The average molecular weight is 119 g/mol. The molecule has 1 amide bonds. The summed E-state index contributed by atoms with van der Waals surface area (Å²) in [6, 6.07) is 0. The maximum absolute atomic E-state index is 9.70. The lowest BCUT2D eigenvalue weighted by atomic mass is 10.7. The van der Waals surface area contributed by atoms with Crippen molar-refractivity contribution in [2.45, 2.75) is 6.92 Å². The van der Waals surface area contributed by atoms with E-state index < -0.39 is 0 Å². The summed E-state index contributed by atoms with van der Waals surface area (Å²) in [5.74, 6) is 0.00463. The van der Waals surface area contributed by atoms with Crippen LogP contribution in [0.15, 0.2) is 0 Å². The highest BCUT2D eigenvalue weighted by Crippen LogP contribution is 1.45. The Bertz CT molecular complexity index is 54.4. The molecule has 0 spiro atoms. The summed E-state index contributed by atoms with van der Waals surface area (Å²) in [4.78, 5) is 9.70. The van der Waals surface area contributed by atoms with Crippen LogP contribution in [0, 0.1) is 0 Å². The molecule has 0 atom stereocenters. The lowest BCUT2D eigenvalue weighted by Crippen LogP contribution is -2.11. The van der Waals surface area contributed by atoms with Gasteiger partial charge < -0.3 is 10.1 Å². The molecule has 0 unspecified atom stereocenters. The van der Waals surface area contributed by atoms with E-state index in [4.69, 9.17) is 0 Å². The van der Waals surface area contributed by atoms with Crippen LogP contribution < -0.4 is 5.32 Å². The summed E-state index contributed by atoms with van der Waals surface area (Å²) in [6.45, 7) is 1.47. The van der Waals surface area contributed by atoms with E-state index in [0.717, 1.165) is 0 Å². The average Bonchev–Trinajstić information content (AvgIpc) is 1.69. The second kappa shape index (κ2) is 9.66. The molecule has 8 heavy (non-hydrogen) atoms. The first-order valence-electron chi connectivity index (χ1n) is 2.27. The van der Waals surface area contributed by atoms with Gasteiger partial charge in [-0.2, -0.15) is 0 Å². The fourth-order valence-electron chi connectivity index (χ4n) is 0. The van der Waals surface area contributed by atoms with Crippen LogP contribution in [0.3, 0.4) is 0 Å². The third-order valence-corrected chi connectivity index (χ3v) is 0.352. The van der Waals surface area contributed by atoms with E-state index >= 15 is 0 Å². The predicted octanol–water partition coefficient (Wildman–Crippen LogP) is 0.0149. The molecule has 0 aliphatic heterocycles. The molecule has 3 nitrogen and oxygen atoms in total. The quantitative estimate of drug-likeness (QED) is 0.488. The first kappa shape index (κ1) is 10.4. The van der Waals surface area contributed by atoms with Crippen molar-refractivity contribution in [1.82, 2.24) is 5.32 Å². The Morgan fingerprint density at radius 1 is 1.50 bits per heavy atom. The number of rotatable bonds is 0. The minimum Gasteiger partial charge on any atom is -0.388 e. The normalized spacial score (nSPS) is 6.50. The van der Waals surface area contributed by atoms with Crippen molar-refractivity contribution in [3.05, 3.63) is 0 Å². The third kappa shape index (κ3) is 52.1. The lowest BCUT2D eigenvalue weighted by molar-refractivity contribution is -0.118. The fourth-order valence-corrected chi connectivity index (χ4v) is 0. The molecule has 50 valence electrons. The van der Waals surface area contributed by atoms with Crippen LogP contribution in [-0.4, -0.2) is 27.2 Å². The number of hydrogen-bond donors (Lipinski definition) is 1. The minimum absolute atomic E-state index is 0.00463. The zero-order valence-electron chi connectivity index (χ0n) is 5.82. The topological polar surface area (TPSA) is 38.3 Å². The number of methoxy groups -OCH3 is 1. The molecule has 0 rings (SSSR count). The Morgan fingerprint density at radius 2 is 1.62 bits per heavy atom. The summed E-state index contributed by atoms with van der Waals surface area (Å²) in [6.07, 6.45) is 0. The highest BCUT2D eigenvalue weighted by Gasteiger charge is 1.72. The smallest absolute Gasteiger partial charge is 0.216 e. The monoisotopic (exact) mass is 119 g/mol. The van der Waals surface area contributed by atoms with Crippen molar-refractivity contribution < 1.29 is 9.53 Å². The van der Waals surface area contributed by atoms with Crippen molar-refractivity contribution >= 4 is 5.91 Å². The largest absolute Gasteiger partial charge is 0.388 e. The van der Waals surface area contributed by atoms with Crippen molar-refractivity contribution in [3.63, 3.8) is 0 Å². The van der Waals surface area contributed by atoms with Crippen LogP contribution in [0.5, 0.6) is 0 Å². The molecule has 0 radical (unpaired) electrons. The van der Waals surface area contributed by atoms with Gasteiger partial charge in [-0.15, -0.1) is 0 Å². The second-order valence-electron chi connectivity index (χ2n) is 1.21. The Hall–Kier alpha value is -0.570. The number of carbonyl (C=O) groups excluding carboxylic acids is 1. The molecule has 0 fully saturated rings. The van der Waals surface area contributed by atoms with Crippen LogP contribution in [0.1, 0.15) is 6.92 Å². The molecule has 0 aromatic carbocycles. The van der Waals surface area contributed by atoms with E-state index in [1.54, 1.807) is 21.3 Å². The molecular formula is C5H13NO2. The van der Waals surface area contributed by atoms with Gasteiger partial charge in [-0.3, -0.25) is 4.79 Å². The van der Waals surface area contributed by atoms with E-state index in [1.165, 1.54) is 6.92 Å². The van der Waals surface area contributed by atoms with Gasteiger partial charge in [0.15, 0.2) is 0 Å². The van der Waals surface area contributed by atoms with E-state index in [2.05, 4.69) is 10.1 Å². The maximum Gasteiger partial charge on any atom is 0.216 e. The van der Waals surface area contributed by atoms with Gasteiger partial charge in [0.1, 0.15) is 0 Å². The molecule has 0 bridgehead atoms. The van der Waals surface area contributed by atoms with Gasteiger partial charge in [-0.05, 0) is 0 Å². The highest BCUT2D eigenvalue weighted by atomic mass is 16.4. The Labute approximate surface area is 50.0 Å². The molecule has 0 aliphatic carbocycles. The van der Waals surface area contributed by atoms with E-state index in [9.17, 15) is 4.79 Å². The molecule has 0 aromatic heterocycles. The zero-order valence-corrected chi connectivity index (χ0v) is 5.82. The predicted molar refractivity (Wildman–Crippen MR) is 32.7 cm³/mol. The number of hydrogen-bond acceptors (Lipinski definition) is 2. The van der Waals surface area contributed by atoms with Crippen LogP contribution >= 0.6 is 0 Å². The molecule has 3 heteroatoms. The van der Waals surface area contributed by atoms with Gasteiger partial charge in [-0.1, -0.05) is 0 Å². The first-order valence-corrected chi connectivity index (χ1v) is 2.27. The molecule has 0 aromatic rings. The Kier molecular flexibility index (Phi) is 12.6. The van der Waals surface area contributed by atoms with Gasteiger partial charge in [-0.25, -0.2) is 0 Å². The van der Waals surface area contributed by atoms with Crippen LogP contribution in [-0.2, 0) is 9.53 Å². The molecule has 1 N–H and O–H groups in total. The van der Waals surface area contributed by atoms with Crippen molar-refractivity contribution in [3.8, 4) is 0 Å². The summed E-state index contributed by atoms with van der Waals surface area (Å²) < 4.78 is 4.25. The summed E-state index contributed by atoms with van der Waals surface area (Å²) in [5.41, 5.74) is 0. The second-order valence-corrected chi connectivity index (χ2v) is 1.21. The Morgan fingerprint density at radius 3 is 1.62 bits per heavy atom. The summed E-state index contributed by atoms with van der Waals surface area (Å²) >= 11 is 0. The highest BCUT2D eigenvalue weighted by molar-refractivity contribution is 5.72. The van der Waals surface area contributed by atoms with Gasteiger partial charge in [0.05, 0.1) is 0 Å². The van der Waals surface area contributed by atoms with Crippen LogP contribution in [0.4, 0.5) is 0 Å². The number of nitrogens with one attached hydrogen (secondary N) is 1. The lowest BCUT2D eigenvalue weighted by Gasteiger charge is -1.80. The number of amides is 1. The molecular weight excluding hydrogens is 106 g/mol. The molecule has 0 saturated heterocycles. The first-order chi connectivity index (χ1) is 3.68. The van der Waals surface area contributed by atoms with Crippen molar-refractivity contribution in [2.75, 3.05) is 21.3 Å². The molecule has 0 saturated carbocycles. The number of ether oxygens (including phenoxy) is 1. The third-order valence-electron chi connectivity index (χ3n) is 0.352.